The number of hydrogen-bond acceptors (Lipinski definition) is 3. The normalized spacial score (nSPS) is 21.8. The van der Waals surface area contributed by atoms with Crippen molar-refractivity contribution in [1.82, 2.24) is 9.21 Å². The molecule has 0 bridgehead atoms. The van der Waals surface area contributed by atoms with Crippen LogP contribution in [0, 0.1) is 0 Å². The number of nitrogens with one attached hydrogen (secondary N) is 1. The lowest BCUT2D eigenvalue weighted by atomic mass is 10.2. The highest BCUT2D eigenvalue weighted by atomic mass is 32.2. The van der Waals surface area contributed by atoms with Crippen LogP contribution in [-0.4, -0.2) is 68.8 Å². The molecule has 2 aliphatic heterocycles. The molecule has 2 aliphatic rings. The second-order valence-electron chi connectivity index (χ2n) is 6.63. The van der Waals surface area contributed by atoms with E-state index in [-0.39, 0.29) is 11.9 Å². The van der Waals surface area contributed by atoms with Crippen LogP contribution >= 0.6 is 0 Å². The van der Waals surface area contributed by atoms with Gasteiger partial charge in [0, 0.05) is 13.1 Å². The first kappa shape index (κ1) is 17.4. The van der Waals surface area contributed by atoms with E-state index in [1.807, 2.05) is 17.9 Å². The minimum absolute atomic E-state index is 0.0929. The van der Waals surface area contributed by atoms with Gasteiger partial charge < -0.3 is 9.80 Å². The molecule has 2 heterocycles. The number of amides is 1. The SMILES string of the molecule is C[C@@H](C(=O)N1CCCC1)[NH+]1CCN(S(=O)(=O)c2ccccc2)CC1. The van der Waals surface area contributed by atoms with Crippen LogP contribution in [0.25, 0.3) is 0 Å². The van der Waals surface area contributed by atoms with Crippen molar-refractivity contribution in [2.24, 2.45) is 0 Å². The molecule has 0 aliphatic carbocycles. The summed E-state index contributed by atoms with van der Waals surface area (Å²) in [4.78, 5) is 16.0. The lowest BCUT2D eigenvalue weighted by Crippen LogP contribution is -3.19. The van der Waals surface area contributed by atoms with Crippen LogP contribution in [0.15, 0.2) is 35.2 Å². The summed E-state index contributed by atoms with van der Waals surface area (Å²) in [6, 6.07) is 8.47. The van der Waals surface area contributed by atoms with Gasteiger partial charge in [-0.3, -0.25) is 4.79 Å². The highest BCUT2D eigenvalue weighted by molar-refractivity contribution is 7.89. The topological polar surface area (TPSA) is 62.1 Å². The average molecular weight is 352 g/mol. The van der Waals surface area contributed by atoms with E-state index in [0.717, 1.165) is 25.9 Å². The quantitative estimate of drug-likeness (QED) is 0.801. The van der Waals surface area contributed by atoms with E-state index in [1.54, 1.807) is 28.6 Å². The molecule has 1 aromatic rings. The molecular weight excluding hydrogens is 326 g/mol. The molecule has 0 radical (unpaired) electrons. The number of piperazine rings is 1. The average Bonchev–Trinajstić information content (AvgIpc) is 3.16. The van der Waals surface area contributed by atoms with Gasteiger partial charge in [-0.25, -0.2) is 8.42 Å². The van der Waals surface area contributed by atoms with E-state index < -0.39 is 10.0 Å². The van der Waals surface area contributed by atoms with Crippen LogP contribution in [0.5, 0.6) is 0 Å². The third kappa shape index (κ3) is 3.48. The maximum Gasteiger partial charge on any atom is 0.280 e. The Morgan fingerprint density at radius 3 is 2.21 bits per heavy atom. The maximum absolute atomic E-state index is 12.6. The van der Waals surface area contributed by atoms with Gasteiger partial charge in [0.05, 0.1) is 31.1 Å². The maximum atomic E-state index is 12.6. The molecule has 24 heavy (non-hydrogen) atoms. The van der Waals surface area contributed by atoms with Gasteiger partial charge >= 0.3 is 0 Å². The molecule has 6 nitrogen and oxygen atoms in total. The number of quaternary nitrogens is 1. The fraction of sp³-hybridized carbons (Fsp3) is 0.588. The predicted octanol–water partition coefficient (Wildman–Crippen LogP) is -0.413. The monoisotopic (exact) mass is 352 g/mol. The Kier molecular flexibility index (Phi) is 5.22. The highest BCUT2D eigenvalue weighted by Gasteiger charge is 2.36. The van der Waals surface area contributed by atoms with Crippen LogP contribution in [-0.2, 0) is 14.8 Å². The van der Waals surface area contributed by atoms with Gasteiger partial charge in [0.15, 0.2) is 6.04 Å². The molecule has 0 unspecified atom stereocenters. The highest BCUT2D eigenvalue weighted by Crippen LogP contribution is 2.15. The Morgan fingerprint density at radius 1 is 1.04 bits per heavy atom. The van der Waals surface area contributed by atoms with Crippen LogP contribution < -0.4 is 4.90 Å². The number of carbonyl (C=O) groups excluding carboxylic acids is 1. The van der Waals surface area contributed by atoms with E-state index in [2.05, 4.69) is 0 Å². The van der Waals surface area contributed by atoms with Gasteiger partial charge in [-0.15, -0.1) is 0 Å². The van der Waals surface area contributed by atoms with Crippen molar-refractivity contribution in [3.05, 3.63) is 30.3 Å². The molecule has 132 valence electrons. The number of rotatable bonds is 4. The third-order valence-corrected chi connectivity index (χ3v) is 7.06. The van der Waals surface area contributed by atoms with Crippen molar-refractivity contribution in [3.8, 4) is 0 Å². The van der Waals surface area contributed by atoms with Gasteiger partial charge in [0.25, 0.3) is 5.91 Å². The minimum atomic E-state index is -3.42. The fourth-order valence-corrected chi connectivity index (χ4v) is 5.04. The van der Waals surface area contributed by atoms with Gasteiger partial charge in [-0.2, -0.15) is 4.31 Å². The molecular formula is C17H26N3O3S+. The Morgan fingerprint density at radius 2 is 1.62 bits per heavy atom. The van der Waals surface area contributed by atoms with E-state index in [1.165, 1.54) is 4.90 Å². The molecule has 2 saturated heterocycles. The fourth-order valence-electron chi connectivity index (χ4n) is 3.57. The smallest absolute Gasteiger partial charge is 0.280 e. The van der Waals surface area contributed by atoms with Crippen molar-refractivity contribution < 1.29 is 18.1 Å². The first-order chi connectivity index (χ1) is 11.5. The number of likely N-dealkylation sites (tertiary alicyclic amines) is 1. The first-order valence-electron chi connectivity index (χ1n) is 8.69. The number of benzene rings is 1. The molecule has 0 aromatic heterocycles. The van der Waals surface area contributed by atoms with Crippen LogP contribution in [0.2, 0.25) is 0 Å². The summed E-state index contributed by atoms with van der Waals surface area (Å²) >= 11 is 0. The van der Waals surface area contributed by atoms with E-state index in [4.69, 9.17) is 0 Å². The molecule has 0 saturated carbocycles. The van der Waals surface area contributed by atoms with Gasteiger partial charge in [0.2, 0.25) is 10.0 Å². The zero-order chi connectivity index (χ0) is 17.2. The molecule has 0 spiro atoms. The summed E-state index contributed by atoms with van der Waals surface area (Å²) in [5.41, 5.74) is 0. The number of nitrogens with zero attached hydrogens (tertiary/aromatic N) is 2. The largest absolute Gasteiger partial charge is 0.338 e. The summed E-state index contributed by atoms with van der Waals surface area (Å²) in [5.74, 6) is 0.210. The van der Waals surface area contributed by atoms with E-state index in [9.17, 15) is 13.2 Å². The van der Waals surface area contributed by atoms with Crippen molar-refractivity contribution >= 4 is 15.9 Å². The lowest BCUT2D eigenvalue weighted by molar-refractivity contribution is -0.918. The Bertz CT molecular complexity index is 664. The Hall–Kier alpha value is -1.44. The van der Waals surface area contributed by atoms with Crippen LogP contribution in [0.4, 0.5) is 0 Å². The Balaban J connectivity index is 1.60. The zero-order valence-corrected chi connectivity index (χ0v) is 15.0. The predicted molar refractivity (Wildman–Crippen MR) is 91.2 cm³/mol. The summed E-state index contributed by atoms with van der Waals surface area (Å²) in [6.45, 7) is 5.97. The van der Waals surface area contributed by atoms with Crippen molar-refractivity contribution in [2.45, 2.75) is 30.7 Å². The van der Waals surface area contributed by atoms with Crippen molar-refractivity contribution in [3.63, 3.8) is 0 Å². The van der Waals surface area contributed by atoms with Crippen molar-refractivity contribution in [2.75, 3.05) is 39.3 Å². The molecule has 2 fully saturated rings. The molecule has 1 N–H and O–H groups in total. The lowest BCUT2D eigenvalue weighted by Gasteiger charge is -2.35. The van der Waals surface area contributed by atoms with Gasteiger partial charge in [-0.1, -0.05) is 18.2 Å². The standard InChI is InChI=1S/C17H25N3O3S/c1-15(17(21)19-9-5-6-10-19)18-11-13-20(14-12-18)24(22,23)16-7-3-2-4-8-16/h2-4,7-8,15H,5-6,9-14H2,1H3/p+1/t15-/m0/s1. The third-order valence-electron chi connectivity index (χ3n) is 5.15. The number of sulfonamides is 1. The molecule has 3 rings (SSSR count). The molecule has 1 atom stereocenters. The summed E-state index contributed by atoms with van der Waals surface area (Å²) in [5, 5.41) is 0. The Labute approximate surface area is 144 Å². The second kappa shape index (κ2) is 7.21. The molecule has 7 heteroatoms. The van der Waals surface area contributed by atoms with Crippen LogP contribution in [0.3, 0.4) is 0 Å². The molecule has 1 aromatic carbocycles. The minimum Gasteiger partial charge on any atom is -0.338 e. The van der Waals surface area contributed by atoms with Gasteiger partial charge in [-0.05, 0) is 31.9 Å². The van der Waals surface area contributed by atoms with E-state index >= 15 is 0 Å². The van der Waals surface area contributed by atoms with Gasteiger partial charge in [0.1, 0.15) is 0 Å². The molecule has 1 amide bonds. The van der Waals surface area contributed by atoms with E-state index in [0.29, 0.717) is 31.1 Å². The zero-order valence-electron chi connectivity index (χ0n) is 14.1. The summed E-state index contributed by atoms with van der Waals surface area (Å²) in [7, 11) is -3.42. The van der Waals surface area contributed by atoms with Crippen molar-refractivity contribution in [1.29, 1.82) is 0 Å². The second-order valence-corrected chi connectivity index (χ2v) is 8.57. The number of hydrogen-bond donors (Lipinski definition) is 1. The van der Waals surface area contributed by atoms with Crippen LogP contribution in [0.1, 0.15) is 19.8 Å². The number of carbonyl (C=O) groups is 1. The summed E-state index contributed by atoms with van der Waals surface area (Å²) in [6.07, 6.45) is 2.19. The first-order valence-corrected chi connectivity index (χ1v) is 10.1. The summed E-state index contributed by atoms with van der Waals surface area (Å²) < 4.78 is 26.8.